The summed E-state index contributed by atoms with van der Waals surface area (Å²) in [6.07, 6.45) is 7.70. The molecule has 35 heavy (non-hydrogen) atoms. The number of para-hydroxylation sites is 1. The molecule has 3 aromatic heterocycles. The summed E-state index contributed by atoms with van der Waals surface area (Å²) < 4.78 is 18.4. The second-order valence-corrected chi connectivity index (χ2v) is 8.03. The van der Waals surface area contributed by atoms with Gasteiger partial charge in [-0.1, -0.05) is 12.1 Å². The van der Waals surface area contributed by atoms with Gasteiger partial charge in [-0.2, -0.15) is 0 Å². The second kappa shape index (κ2) is 9.37. The van der Waals surface area contributed by atoms with E-state index >= 15 is 0 Å². The van der Waals surface area contributed by atoms with Crippen molar-refractivity contribution in [1.29, 1.82) is 0 Å². The molecule has 0 unspecified atom stereocenters. The number of nitrogens with one attached hydrogen (secondary N) is 2. The van der Waals surface area contributed by atoms with Crippen molar-refractivity contribution in [2.45, 2.75) is 26.4 Å². The normalized spacial score (nSPS) is 13.4. The zero-order chi connectivity index (χ0) is 24.4. The molecule has 10 nitrogen and oxygen atoms in total. The maximum absolute atomic E-state index is 14.2. The van der Waals surface area contributed by atoms with E-state index in [1.807, 2.05) is 17.6 Å². The molecular weight excluding hydrogens is 447 g/mol. The van der Waals surface area contributed by atoms with E-state index in [9.17, 15) is 4.39 Å². The molecule has 0 saturated carbocycles. The van der Waals surface area contributed by atoms with Gasteiger partial charge in [-0.3, -0.25) is 9.56 Å². The molecular formula is C24H25FN10. The Bertz CT molecular complexity index is 1430. The number of hydrogen-bond acceptors (Lipinski definition) is 7. The van der Waals surface area contributed by atoms with Crippen LogP contribution in [0.25, 0.3) is 22.8 Å². The van der Waals surface area contributed by atoms with E-state index in [0.717, 1.165) is 41.3 Å². The van der Waals surface area contributed by atoms with Crippen LogP contribution in [-0.2, 0) is 13.1 Å². The summed E-state index contributed by atoms with van der Waals surface area (Å²) in [7, 11) is 1.66. The molecule has 4 heterocycles. The molecule has 1 aliphatic heterocycles. The van der Waals surface area contributed by atoms with Crippen molar-refractivity contribution in [3.8, 4) is 22.8 Å². The molecule has 0 fully saturated rings. The fourth-order valence-electron chi connectivity index (χ4n) is 4.20. The summed E-state index contributed by atoms with van der Waals surface area (Å²) in [5.41, 5.74) is 9.56. The van der Waals surface area contributed by atoms with Gasteiger partial charge in [0.05, 0.1) is 17.1 Å². The quantitative estimate of drug-likeness (QED) is 0.299. The summed E-state index contributed by atoms with van der Waals surface area (Å²) in [5.74, 6) is 1.87. The van der Waals surface area contributed by atoms with Crippen LogP contribution in [0.15, 0.2) is 60.0 Å². The van der Waals surface area contributed by atoms with Gasteiger partial charge in [-0.25, -0.2) is 14.4 Å². The standard InChI is InChI=1S/C24H25FN10/c1-15-16(18-9-11-28-23(29-18)31-20(27-2)8-10-26)14-34-12-5-13-35-22(21(15)34)32-33-24(35)30-19-7-4-3-6-17(19)25/h3-4,6-11,14H,5,12-13,26H2,1-2H3,(H,30,33)(H,27,28,29,31). The van der Waals surface area contributed by atoms with Crippen molar-refractivity contribution in [1.82, 2.24) is 29.3 Å². The maximum atomic E-state index is 14.2. The number of hydrogen-bond donors (Lipinski definition) is 3. The first-order chi connectivity index (χ1) is 17.1. The zero-order valence-electron chi connectivity index (χ0n) is 19.4. The topological polar surface area (TPSA) is 124 Å². The molecule has 4 aromatic rings. The number of halogens is 1. The average Bonchev–Trinajstić information content (AvgIpc) is 3.34. The number of nitrogens with two attached hydrogens (primary N) is 1. The average molecular weight is 473 g/mol. The summed E-state index contributed by atoms with van der Waals surface area (Å²) >= 11 is 0. The van der Waals surface area contributed by atoms with E-state index < -0.39 is 0 Å². The Kier molecular flexibility index (Phi) is 5.96. The first kappa shape index (κ1) is 22.3. The van der Waals surface area contributed by atoms with E-state index in [1.165, 1.54) is 12.3 Å². The zero-order valence-corrected chi connectivity index (χ0v) is 19.4. The Morgan fingerprint density at radius 2 is 2.06 bits per heavy atom. The summed E-state index contributed by atoms with van der Waals surface area (Å²) in [5, 5.41) is 15.0. The van der Waals surface area contributed by atoms with Crippen LogP contribution in [0.5, 0.6) is 0 Å². The highest BCUT2D eigenvalue weighted by Gasteiger charge is 2.25. The fraction of sp³-hybridized carbons (Fsp3) is 0.208. The molecule has 0 aliphatic carbocycles. The second-order valence-electron chi connectivity index (χ2n) is 8.03. The smallest absolute Gasteiger partial charge is 0.229 e. The van der Waals surface area contributed by atoms with Gasteiger partial charge in [0.1, 0.15) is 11.7 Å². The van der Waals surface area contributed by atoms with Gasteiger partial charge in [0.25, 0.3) is 0 Å². The number of fused-ring (bicyclic) bond motifs is 3. The minimum Gasteiger partial charge on any atom is -0.404 e. The molecule has 0 bridgehead atoms. The molecule has 0 radical (unpaired) electrons. The van der Waals surface area contributed by atoms with Crippen molar-refractivity contribution >= 4 is 23.4 Å². The predicted octanol–water partition coefficient (Wildman–Crippen LogP) is 3.71. The molecule has 4 N–H and O–H groups in total. The molecule has 178 valence electrons. The van der Waals surface area contributed by atoms with Gasteiger partial charge < -0.3 is 20.9 Å². The number of amidine groups is 1. The summed E-state index contributed by atoms with van der Waals surface area (Å²) in [6.45, 7) is 3.56. The Balaban J connectivity index is 1.51. The fourth-order valence-corrected chi connectivity index (χ4v) is 4.20. The first-order valence-corrected chi connectivity index (χ1v) is 11.2. The predicted molar refractivity (Wildman–Crippen MR) is 134 cm³/mol. The summed E-state index contributed by atoms with van der Waals surface area (Å²) in [4.78, 5) is 13.1. The number of aryl methyl sites for hydroxylation is 1. The van der Waals surface area contributed by atoms with Crippen molar-refractivity contribution in [3.63, 3.8) is 0 Å². The number of rotatable bonds is 5. The minimum atomic E-state index is -0.341. The Labute approximate surface area is 201 Å². The van der Waals surface area contributed by atoms with Gasteiger partial charge >= 0.3 is 0 Å². The number of benzene rings is 1. The van der Waals surface area contributed by atoms with Crippen molar-refractivity contribution in [2.75, 3.05) is 17.7 Å². The van der Waals surface area contributed by atoms with E-state index in [2.05, 4.69) is 46.6 Å². The highest BCUT2D eigenvalue weighted by atomic mass is 19.1. The molecule has 11 heteroatoms. The lowest BCUT2D eigenvalue weighted by molar-refractivity contribution is 0.596. The van der Waals surface area contributed by atoms with E-state index in [-0.39, 0.29) is 5.82 Å². The molecule has 0 spiro atoms. The summed E-state index contributed by atoms with van der Waals surface area (Å²) in [6, 6.07) is 8.39. The molecule has 1 aromatic carbocycles. The largest absolute Gasteiger partial charge is 0.404 e. The monoisotopic (exact) mass is 472 g/mol. The lowest BCUT2D eigenvalue weighted by atomic mass is 10.1. The van der Waals surface area contributed by atoms with Crippen LogP contribution in [-0.4, -0.2) is 42.2 Å². The van der Waals surface area contributed by atoms with Gasteiger partial charge in [-0.05, 0) is 49.4 Å². The third-order valence-corrected chi connectivity index (χ3v) is 5.86. The maximum Gasteiger partial charge on any atom is 0.229 e. The number of aromatic nitrogens is 6. The number of nitrogens with zero attached hydrogens (tertiary/aromatic N) is 7. The van der Waals surface area contributed by atoms with Crippen molar-refractivity contribution < 1.29 is 4.39 Å². The van der Waals surface area contributed by atoms with Crippen LogP contribution in [0.4, 0.5) is 22.0 Å². The highest BCUT2D eigenvalue weighted by Crippen LogP contribution is 2.36. The third-order valence-electron chi connectivity index (χ3n) is 5.86. The number of aliphatic imine (C=N–C) groups is 1. The van der Waals surface area contributed by atoms with Crippen molar-refractivity contribution in [2.24, 2.45) is 10.7 Å². The minimum absolute atomic E-state index is 0.341. The van der Waals surface area contributed by atoms with E-state index in [4.69, 9.17) is 5.73 Å². The Morgan fingerprint density at radius 1 is 1.20 bits per heavy atom. The number of anilines is 3. The molecule has 5 rings (SSSR count). The molecule has 0 atom stereocenters. The van der Waals surface area contributed by atoms with Crippen molar-refractivity contribution in [3.05, 3.63) is 66.4 Å². The van der Waals surface area contributed by atoms with Crippen LogP contribution < -0.4 is 16.4 Å². The Hall–Kier alpha value is -4.54. The van der Waals surface area contributed by atoms with Gasteiger partial charge in [0, 0.05) is 38.1 Å². The SMILES string of the molecule is CN=C(C=CN)Nc1nccc(-c2cn3c(c2C)-c2nnc(Nc4ccccc4F)n2CCC3)n1. The Morgan fingerprint density at radius 3 is 2.86 bits per heavy atom. The van der Waals surface area contributed by atoms with Crippen LogP contribution >= 0.6 is 0 Å². The van der Waals surface area contributed by atoms with E-state index in [1.54, 1.807) is 37.5 Å². The third kappa shape index (κ3) is 4.23. The van der Waals surface area contributed by atoms with Gasteiger partial charge in [0.2, 0.25) is 11.9 Å². The van der Waals surface area contributed by atoms with Crippen LogP contribution in [0.3, 0.4) is 0 Å². The van der Waals surface area contributed by atoms with Crippen LogP contribution in [0, 0.1) is 12.7 Å². The van der Waals surface area contributed by atoms with Gasteiger partial charge in [0.15, 0.2) is 5.82 Å². The van der Waals surface area contributed by atoms with Gasteiger partial charge in [-0.15, -0.1) is 10.2 Å². The lowest BCUT2D eigenvalue weighted by Crippen LogP contribution is -2.12. The molecule has 0 amide bonds. The van der Waals surface area contributed by atoms with E-state index in [0.29, 0.717) is 30.0 Å². The molecule has 0 saturated heterocycles. The highest BCUT2D eigenvalue weighted by molar-refractivity contribution is 6.02. The first-order valence-electron chi connectivity index (χ1n) is 11.2. The lowest BCUT2D eigenvalue weighted by Gasteiger charge is -2.10. The molecule has 1 aliphatic rings. The van der Waals surface area contributed by atoms with Crippen LogP contribution in [0.2, 0.25) is 0 Å². The van der Waals surface area contributed by atoms with Crippen LogP contribution in [0.1, 0.15) is 12.0 Å².